The molecule has 2 unspecified atom stereocenters. The summed E-state index contributed by atoms with van der Waals surface area (Å²) in [6.07, 6.45) is 10.7. The third-order valence-electron chi connectivity index (χ3n) is 20.9. The van der Waals surface area contributed by atoms with Gasteiger partial charge in [-0.2, -0.15) is 0 Å². The molecular formula is C79H75BN4. The minimum Gasteiger partial charge on any atom is -0.334 e. The molecule has 1 aromatic heterocycles. The van der Waals surface area contributed by atoms with Crippen molar-refractivity contribution in [2.45, 2.75) is 128 Å². The highest BCUT2D eigenvalue weighted by atomic mass is 15.3. The Kier molecular flexibility index (Phi) is 11.9. The Labute approximate surface area is 499 Å². The second-order valence-corrected chi connectivity index (χ2v) is 27.7. The first kappa shape index (κ1) is 52.4. The van der Waals surface area contributed by atoms with Crippen molar-refractivity contribution in [3.05, 3.63) is 241 Å². The number of anilines is 8. The Balaban J connectivity index is 1.08. The largest absolute Gasteiger partial charge is 0.334 e. The van der Waals surface area contributed by atoms with Gasteiger partial charge >= 0.3 is 0 Å². The highest BCUT2D eigenvalue weighted by Gasteiger charge is 2.58. The van der Waals surface area contributed by atoms with Crippen LogP contribution in [-0.2, 0) is 21.7 Å². The first-order valence-electron chi connectivity index (χ1n) is 30.9. The van der Waals surface area contributed by atoms with Gasteiger partial charge in [0.05, 0.1) is 11.2 Å². The van der Waals surface area contributed by atoms with Crippen LogP contribution >= 0.6 is 0 Å². The van der Waals surface area contributed by atoms with Crippen molar-refractivity contribution in [2.75, 3.05) is 14.7 Å². The maximum Gasteiger partial charge on any atom is 0.252 e. The van der Waals surface area contributed by atoms with Gasteiger partial charge in [0.1, 0.15) is 0 Å². The van der Waals surface area contributed by atoms with Crippen LogP contribution in [0.5, 0.6) is 0 Å². The summed E-state index contributed by atoms with van der Waals surface area (Å²) in [7, 11) is 0. The van der Waals surface area contributed by atoms with Gasteiger partial charge in [-0.15, -0.1) is 0 Å². The molecule has 15 rings (SSSR count). The molecule has 3 aliphatic heterocycles. The lowest BCUT2D eigenvalue weighted by molar-refractivity contribution is 0.195. The Morgan fingerprint density at radius 3 is 1.57 bits per heavy atom. The molecule has 0 N–H and O–H groups in total. The summed E-state index contributed by atoms with van der Waals surface area (Å²) in [6.45, 7) is 22.1. The summed E-state index contributed by atoms with van der Waals surface area (Å²) in [5, 5.41) is 0. The highest BCUT2D eigenvalue weighted by molar-refractivity contribution is 7.00. The van der Waals surface area contributed by atoms with Crippen molar-refractivity contribution in [3.63, 3.8) is 0 Å². The maximum atomic E-state index is 4.42. The van der Waals surface area contributed by atoms with Crippen LogP contribution < -0.4 is 31.1 Å². The van der Waals surface area contributed by atoms with Crippen molar-refractivity contribution in [1.29, 1.82) is 0 Å². The molecule has 5 heteroatoms. The lowest BCUT2D eigenvalue weighted by Gasteiger charge is -2.51. The standard InChI is InChI=1S/C79H75BN4/c1-75(2,3)59-31-36-68(62(47-59)56-25-17-12-18-26-56)83-71-51-64-63(76(4,5)41-42-77(64,6)7)50-67(71)80-66-46-58(53-23-15-11-16-24-53)30-35-70(66)82(60-32-27-54(28-33-60)52-21-13-10-14-22-52)72-48-61(49-73(83)74(72)80)84-69-34-29-57(55-37-43-81-44-38-55)45-65(69)78(8)39-19-20-40-79(78,84)9/h10-18,21-38,43-51H,19-20,39-42H2,1-9H3. The fraction of sp³-hybridized carbons (Fsp3) is 0.253. The van der Waals surface area contributed by atoms with Crippen molar-refractivity contribution < 1.29 is 0 Å². The molecule has 84 heavy (non-hydrogen) atoms. The molecule has 0 spiro atoms. The SMILES string of the molecule is CC(C)(C)c1ccc(N2c3cc4c(cc3B3c5cc(-c6ccccc6)ccc5N(c5ccc(-c6ccccc6)cc5)c5cc(N6c7ccc(-c8ccncc8)cc7C7(C)CCCCC67C)cc2c53)C(C)(C)CCC4(C)C)c(-c2ccccc2)c1. The van der Waals surface area contributed by atoms with Crippen molar-refractivity contribution in [1.82, 2.24) is 4.98 Å². The fourth-order valence-corrected chi connectivity index (χ4v) is 15.9. The minimum atomic E-state index is -0.222. The second kappa shape index (κ2) is 19.1. The van der Waals surface area contributed by atoms with E-state index in [-0.39, 0.29) is 33.9 Å². The summed E-state index contributed by atoms with van der Waals surface area (Å²) >= 11 is 0. The van der Waals surface area contributed by atoms with Gasteiger partial charge in [0.25, 0.3) is 6.71 Å². The smallest absolute Gasteiger partial charge is 0.252 e. The molecule has 2 aliphatic carbocycles. The summed E-state index contributed by atoms with van der Waals surface area (Å²) in [5.41, 5.74) is 28.9. The molecule has 0 amide bonds. The Morgan fingerprint density at radius 2 is 0.917 bits per heavy atom. The van der Waals surface area contributed by atoms with E-state index in [1.54, 1.807) is 0 Å². The van der Waals surface area contributed by atoms with E-state index in [1.165, 1.54) is 136 Å². The normalized spacial score (nSPS) is 19.6. The van der Waals surface area contributed by atoms with E-state index in [4.69, 9.17) is 0 Å². The first-order chi connectivity index (χ1) is 40.5. The maximum absolute atomic E-state index is 4.42. The number of aromatic nitrogens is 1. The zero-order chi connectivity index (χ0) is 57.5. The summed E-state index contributed by atoms with van der Waals surface area (Å²) in [5.74, 6) is 0. The zero-order valence-electron chi connectivity index (χ0n) is 50.4. The molecule has 2 atom stereocenters. The van der Waals surface area contributed by atoms with E-state index in [0.29, 0.717) is 0 Å². The second-order valence-electron chi connectivity index (χ2n) is 27.7. The van der Waals surface area contributed by atoms with Gasteiger partial charge in [0.2, 0.25) is 0 Å². The number of hydrogen-bond acceptors (Lipinski definition) is 4. The van der Waals surface area contributed by atoms with Crippen LogP contribution in [0.2, 0.25) is 0 Å². The zero-order valence-corrected chi connectivity index (χ0v) is 50.4. The third-order valence-corrected chi connectivity index (χ3v) is 20.9. The molecule has 0 radical (unpaired) electrons. The van der Waals surface area contributed by atoms with Crippen molar-refractivity contribution in [2.24, 2.45) is 0 Å². The van der Waals surface area contributed by atoms with Gasteiger partial charge in [-0.05, 0) is 199 Å². The average molecular weight is 1090 g/mol. The molecular weight excluding hydrogens is 1020 g/mol. The van der Waals surface area contributed by atoms with Crippen molar-refractivity contribution >= 4 is 68.6 Å². The highest BCUT2D eigenvalue weighted by Crippen LogP contribution is 2.63. The lowest BCUT2D eigenvalue weighted by Crippen LogP contribution is -2.62. The van der Waals surface area contributed by atoms with E-state index in [2.05, 4.69) is 288 Å². The summed E-state index contributed by atoms with van der Waals surface area (Å²) < 4.78 is 0. The molecule has 10 aromatic rings. The predicted molar refractivity (Wildman–Crippen MR) is 357 cm³/mol. The van der Waals surface area contributed by atoms with Gasteiger partial charge < -0.3 is 14.7 Å². The van der Waals surface area contributed by atoms with Gasteiger partial charge in [-0.1, -0.05) is 202 Å². The monoisotopic (exact) mass is 1090 g/mol. The third kappa shape index (κ3) is 8.04. The number of hydrogen-bond donors (Lipinski definition) is 0. The molecule has 1 saturated carbocycles. The summed E-state index contributed by atoms with van der Waals surface area (Å²) in [6, 6.07) is 79.5. The minimum absolute atomic E-state index is 0.0142. The van der Waals surface area contributed by atoms with Gasteiger partial charge in [-0.25, -0.2) is 0 Å². The van der Waals surface area contributed by atoms with Crippen molar-refractivity contribution in [3.8, 4) is 44.5 Å². The lowest BCUT2D eigenvalue weighted by atomic mass is 9.33. The van der Waals surface area contributed by atoms with Crippen LogP contribution in [0, 0.1) is 0 Å². The quantitative estimate of drug-likeness (QED) is 0.148. The Hall–Kier alpha value is -8.41. The average Bonchev–Trinajstić information content (AvgIpc) is 1.19. The molecule has 4 heterocycles. The van der Waals surface area contributed by atoms with Crippen LogP contribution in [0.4, 0.5) is 45.5 Å². The number of rotatable bonds is 7. The predicted octanol–water partition coefficient (Wildman–Crippen LogP) is 19.2. The molecule has 4 nitrogen and oxygen atoms in total. The first-order valence-corrected chi connectivity index (χ1v) is 30.9. The molecule has 414 valence electrons. The van der Waals surface area contributed by atoms with Crippen LogP contribution in [0.15, 0.2) is 219 Å². The van der Waals surface area contributed by atoms with Crippen LogP contribution in [0.1, 0.15) is 123 Å². The number of nitrogens with zero attached hydrogens (tertiary/aromatic N) is 4. The van der Waals surface area contributed by atoms with Gasteiger partial charge in [0, 0.05) is 63.2 Å². The van der Waals surface area contributed by atoms with Crippen LogP contribution in [0.25, 0.3) is 44.5 Å². The van der Waals surface area contributed by atoms with E-state index in [9.17, 15) is 0 Å². The molecule has 1 fully saturated rings. The van der Waals surface area contributed by atoms with E-state index < -0.39 is 0 Å². The van der Waals surface area contributed by atoms with Gasteiger partial charge in [0.15, 0.2) is 0 Å². The molecule has 0 saturated heterocycles. The van der Waals surface area contributed by atoms with E-state index >= 15 is 0 Å². The number of benzene rings is 9. The van der Waals surface area contributed by atoms with Gasteiger partial charge in [-0.3, -0.25) is 4.98 Å². The number of pyridine rings is 1. The van der Waals surface area contributed by atoms with Crippen LogP contribution in [-0.4, -0.2) is 17.2 Å². The molecule has 0 bridgehead atoms. The fourth-order valence-electron chi connectivity index (χ4n) is 15.9. The Morgan fingerprint density at radius 1 is 0.393 bits per heavy atom. The van der Waals surface area contributed by atoms with E-state index in [1.807, 2.05) is 12.4 Å². The van der Waals surface area contributed by atoms with Crippen LogP contribution in [0.3, 0.4) is 0 Å². The Bertz CT molecular complexity index is 4220. The topological polar surface area (TPSA) is 22.6 Å². The number of fused-ring (bicyclic) bond motifs is 8. The summed E-state index contributed by atoms with van der Waals surface area (Å²) in [4.78, 5) is 12.6. The molecule has 9 aromatic carbocycles. The van der Waals surface area contributed by atoms with E-state index in [0.717, 1.165) is 31.4 Å². The molecule has 5 aliphatic rings.